The fourth-order valence-electron chi connectivity index (χ4n) is 1.94. The first kappa shape index (κ1) is 12.6. The van der Waals surface area contributed by atoms with Gasteiger partial charge in [-0.1, -0.05) is 0 Å². The minimum absolute atomic E-state index is 0.227. The van der Waals surface area contributed by atoms with Gasteiger partial charge in [-0.3, -0.25) is 9.89 Å². The molecule has 0 unspecified atom stereocenters. The highest BCUT2D eigenvalue weighted by Gasteiger charge is 2.14. The summed E-state index contributed by atoms with van der Waals surface area (Å²) in [7, 11) is 0. The zero-order chi connectivity index (χ0) is 14.1. The summed E-state index contributed by atoms with van der Waals surface area (Å²) in [6, 6.07) is 5.32. The van der Waals surface area contributed by atoms with Gasteiger partial charge in [0, 0.05) is 16.0 Å². The average molecular weight is 287 g/mol. The molecule has 0 spiro atoms. The van der Waals surface area contributed by atoms with Crippen molar-refractivity contribution in [1.29, 1.82) is 0 Å². The summed E-state index contributed by atoms with van der Waals surface area (Å²) in [6.07, 6.45) is 0. The van der Waals surface area contributed by atoms with Crippen LogP contribution in [-0.2, 0) is 6.54 Å². The van der Waals surface area contributed by atoms with E-state index < -0.39 is 0 Å². The number of nitrogens with one attached hydrogen (secondary N) is 2. The molecule has 0 aliphatic rings. The van der Waals surface area contributed by atoms with Crippen LogP contribution in [0.15, 0.2) is 23.7 Å². The number of nitrogens with zero attached hydrogens (tertiary/aromatic N) is 2. The first-order chi connectivity index (χ1) is 9.65. The fourth-order valence-corrected chi connectivity index (χ4v) is 2.66. The van der Waals surface area contributed by atoms with Crippen molar-refractivity contribution in [2.45, 2.75) is 13.5 Å². The summed E-state index contributed by atoms with van der Waals surface area (Å²) >= 11 is 1.52. The van der Waals surface area contributed by atoms with E-state index in [1.54, 1.807) is 17.6 Å². The van der Waals surface area contributed by atoms with E-state index >= 15 is 0 Å². The van der Waals surface area contributed by atoms with Crippen LogP contribution in [0.25, 0.3) is 10.9 Å². The normalized spacial score (nSPS) is 10.8. The van der Waals surface area contributed by atoms with Crippen LogP contribution in [0.3, 0.4) is 0 Å². The number of anilines is 1. The largest absolute Gasteiger partial charge is 0.399 e. The molecule has 0 saturated heterocycles. The van der Waals surface area contributed by atoms with Crippen LogP contribution in [0, 0.1) is 6.92 Å². The lowest BCUT2D eigenvalue weighted by molar-refractivity contribution is 0.0948. The number of rotatable bonds is 3. The molecule has 3 rings (SSSR count). The highest BCUT2D eigenvalue weighted by Crippen LogP contribution is 2.19. The number of nitrogen functional groups attached to an aromatic ring is 1. The summed E-state index contributed by atoms with van der Waals surface area (Å²) in [4.78, 5) is 17.4. The van der Waals surface area contributed by atoms with E-state index in [9.17, 15) is 4.79 Å². The van der Waals surface area contributed by atoms with Crippen molar-refractivity contribution in [2.75, 3.05) is 5.73 Å². The maximum absolute atomic E-state index is 12.2. The third kappa shape index (κ3) is 2.23. The number of thiazole rings is 1. The van der Waals surface area contributed by atoms with Crippen molar-refractivity contribution in [1.82, 2.24) is 20.5 Å². The summed E-state index contributed by atoms with van der Waals surface area (Å²) in [6.45, 7) is 2.37. The van der Waals surface area contributed by atoms with Crippen LogP contribution >= 0.6 is 11.3 Å². The Bertz CT molecular complexity index is 776. The van der Waals surface area contributed by atoms with Gasteiger partial charge in [0.1, 0.15) is 0 Å². The number of hydrogen-bond donors (Lipinski definition) is 3. The molecule has 1 amide bonds. The highest BCUT2D eigenvalue weighted by molar-refractivity contribution is 7.09. The molecule has 102 valence electrons. The number of amides is 1. The molecule has 7 heteroatoms. The van der Waals surface area contributed by atoms with Crippen molar-refractivity contribution < 1.29 is 4.79 Å². The minimum atomic E-state index is -0.227. The molecular weight excluding hydrogens is 274 g/mol. The topological polar surface area (TPSA) is 96.7 Å². The summed E-state index contributed by atoms with van der Waals surface area (Å²) in [5.74, 6) is -0.227. The summed E-state index contributed by atoms with van der Waals surface area (Å²) in [5.41, 5.74) is 10.2. The molecule has 2 aromatic heterocycles. The van der Waals surface area contributed by atoms with Crippen molar-refractivity contribution in [3.05, 3.63) is 40.0 Å². The van der Waals surface area contributed by atoms with Crippen molar-refractivity contribution in [2.24, 2.45) is 0 Å². The van der Waals surface area contributed by atoms with Crippen LogP contribution in [0.4, 0.5) is 5.69 Å². The number of carbonyl (C=O) groups excluding carboxylic acids is 1. The number of aryl methyl sites for hydroxylation is 1. The van der Waals surface area contributed by atoms with Crippen LogP contribution in [0.5, 0.6) is 0 Å². The molecule has 4 N–H and O–H groups in total. The number of nitrogens with two attached hydrogens (primary N) is 1. The molecule has 20 heavy (non-hydrogen) atoms. The maximum Gasteiger partial charge on any atom is 0.272 e. The SMILES string of the molecule is Cc1ncsc1CNC(=O)c1n[nH]c2ccc(N)cc12. The first-order valence-electron chi connectivity index (χ1n) is 6.06. The third-order valence-electron chi connectivity index (χ3n) is 3.06. The Balaban J connectivity index is 1.82. The number of fused-ring (bicyclic) bond motifs is 1. The molecule has 0 saturated carbocycles. The Morgan fingerprint density at radius 2 is 2.35 bits per heavy atom. The molecule has 0 bridgehead atoms. The van der Waals surface area contributed by atoms with Crippen molar-refractivity contribution in [3.63, 3.8) is 0 Å². The molecule has 0 radical (unpaired) electrons. The first-order valence-corrected chi connectivity index (χ1v) is 6.94. The van der Waals surface area contributed by atoms with E-state index in [4.69, 9.17) is 5.73 Å². The van der Waals surface area contributed by atoms with E-state index in [-0.39, 0.29) is 5.91 Å². The van der Waals surface area contributed by atoms with Crippen molar-refractivity contribution in [3.8, 4) is 0 Å². The number of aromatic nitrogens is 3. The van der Waals surface area contributed by atoms with Gasteiger partial charge in [-0.15, -0.1) is 11.3 Å². The van der Waals surface area contributed by atoms with Crippen LogP contribution < -0.4 is 11.1 Å². The molecule has 3 aromatic rings. The Kier molecular flexibility index (Phi) is 3.11. The van der Waals surface area contributed by atoms with Gasteiger partial charge >= 0.3 is 0 Å². The number of H-pyrrole nitrogens is 1. The molecule has 1 aromatic carbocycles. The van der Waals surface area contributed by atoms with Gasteiger partial charge in [-0.25, -0.2) is 4.98 Å². The Morgan fingerprint density at radius 3 is 3.10 bits per heavy atom. The second-order valence-electron chi connectivity index (χ2n) is 4.42. The van der Waals surface area contributed by atoms with E-state index in [1.807, 2.05) is 13.0 Å². The highest BCUT2D eigenvalue weighted by atomic mass is 32.1. The third-order valence-corrected chi connectivity index (χ3v) is 3.99. The number of hydrogen-bond acceptors (Lipinski definition) is 5. The lowest BCUT2D eigenvalue weighted by Gasteiger charge is -2.02. The van der Waals surface area contributed by atoms with E-state index in [2.05, 4.69) is 20.5 Å². The van der Waals surface area contributed by atoms with Gasteiger partial charge in [0.05, 0.1) is 23.3 Å². The predicted molar refractivity (Wildman–Crippen MR) is 78.5 cm³/mol. The second kappa shape index (κ2) is 4.93. The van der Waals surface area contributed by atoms with Gasteiger partial charge in [-0.2, -0.15) is 5.10 Å². The van der Waals surface area contributed by atoms with Crippen LogP contribution in [-0.4, -0.2) is 21.1 Å². The molecular formula is C13H13N5OS. The second-order valence-corrected chi connectivity index (χ2v) is 5.36. The van der Waals surface area contributed by atoms with Gasteiger partial charge in [0.2, 0.25) is 0 Å². The van der Waals surface area contributed by atoms with Crippen LogP contribution in [0.2, 0.25) is 0 Å². The monoisotopic (exact) mass is 287 g/mol. The molecule has 0 atom stereocenters. The smallest absolute Gasteiger partial charge is 0.272 e. The zero-order valence-electron chi connectivity index (χ0n) is 10.8. The van der Waals surface area contributed by atoms with E-state index in [0.29, 0.717) is 17.9 Å². The number of aromatic amines is 1. The molecule has 0 aliphatic heterocycles. The lowest BCUT2D eigenvalue weighted by Crippen LogP contribution is -2.23. The Morgan fingerprint density at radius 1 is 1.50 bits per heavy atom. The lowest BCUT2D eigenvalue weighted by atomic mass is 10.2. The van der Waals surface area contributed by atoms with Gasteiger partial charge in [0.15, 0.2) is 5.69 Å². The Labute approximate surface area is 119 Å². The Hall–Kier alpha value is -2.41. The molecule has 0 fully saturated rings. The maximum atomic E-state index is 12.2. The zero-order valence-corrected chi connectivity index (χ0v) is 11.6. The van der Waals surface area contributed by atoms with Gasteiger partial charge < -0.3 is 11.1 Å². The average Bonchev–Trinajstić information content (AvgIpc) is 3.02. The number of benzene rings is 1. The predicted octanol–water partition coefficient (Wildman–Crippen LogP) is 1.84. The molecule has 6 nitrogen and oxygen atoms in total. The number of carbonyl (C=O) groups is 1. The summed E-state index contributed by atoms with van der Waals surface area (Å²) < 4.78 is 0. The molecule has 0 aliphatic carbocycles. The van der Waals surface area contributed by atoms with Crippen LogP contribution in [0.1, 0.15) is 21.1 Å². The quantitative estimate of drug-likeness (QED) is 0.640. The van der Waals surface area contributed by atoms with Gasteiger partial charge in [0.25, 0.3) is 5.91 Å². The fraction of sp³-hybridized carbons (Fsp3) is 0.154. The summed E-state index contributed by atoms with van der Waals surface area (Å²) in [5, 5.41) is 10.5. The van der Waals surface area contributed by atoms with Crippen molar-refractivity contribution >= 4 is 33.8 Å². The van der Waals surface area contributed by atoms with Gasteiger partial charge in [-0.05, 0) is 25.1 Å². The standard InChI is InChI=1S/C13H13N5OS/c1-7-11(20-6-16-7)5-15-13(19)12-9-4-8(14)2-3-10(9)17-18-12/h2-4,6H,5,14H2,1H3,(H,15,19)(H,17,18). The minimum Gasteiger partial charge on any atom is -0.399 e. The molecule has 2 heterocycles. The van der Waals surface area contributed by atoms with E-state index in [1.165, 1.54) is 11.3 Å². The van der Waals surface area contributed by atoms with E-state index in [0.717, 1.165) is 21.5 Å².